The summed E-state index contributed by atoms with van der Waals surface area (Å²) in [4.78, 5) is 20.2. The molecular weight excluding hydrogens is 346 g/mol. The second kappa shape index (κ2) is 8.13. The minimum Gasteiger partial charge on any atom is -0.503 e. The number of rotatable bonds is 8. The van der Waals surface area contributed by atoms with Gasteiger partial charge in [0, 0.05) is 5.38 Å². The fourth-order valence-electron chi connectivity index (χ4n) is 2.35. The van der Waals surface area contributed by atoms with Gasteiger partial charge in [-0.25, -0.2) is 9.97 Å². The maximum Gasteiger partial charge on any atom is 0.271 e. The van der Waals surface area contributed by atoms with E-state index in [2.05, 4.69) is 9.97 Å². The lowest BCUT2D eigenvalue weighted by molar-refractivity contribution is 0.0992. The predicted molar refractivity (Wildman–Crippen MR) is 93.3 cm³/mol. The van der Waals surface area contributed by atoms with Gasteiger partial charge in [-0.2, -0.15) is 0 Å². The number of carbonyl (C=O) groups excluding carboxylic acids is 1. The molecule has 0 fully saturated rings. The molecule has 0 spiro atoms. The highest BCUT2D eigenvalue weighted by atomic mass is 32.1. The molecule has 136 valence electrons. The van der Waals surface area contributed by atoms with Crippen LogP contribution in [0.1, 0.15) is 35.3 Å². The minimum atomic E-state index is -0.882. The zero-order valence-corrected chi connectivity index (χ0v) is 15.1. The molecule has 2 aromatic rings. The quantitative estimate of drug-likeness (QED) is 0.648. The van der Waals surface area contributed by atoms with E-state index in [0.717, 1.165) is 17.8 Å². The van der Waals surface area contributed by atoms with Gasteiger partial charge in [0.05, 0.1) is 25.3 Å². The van der Waals surface area contributed by atoms with Crippen molar-refractivity contribution in [2.45, 2.75) is 32.3 Å². The summed E-state index contributed by atoms with van der Waals surface area (Å²) in [6.45, 7) is 1.75. The van der Waals surface area contributed by atoms with E-state index in [1.807, 2.05) is 0 Å². The van der Waals surface area contributed by atoms with Gasteiger partial charge in [-0.15, -0.1) is 11.3 Å². The van der Waals surface area contributed by atoms with E-state index in [0.29, 0.717) is 12.1 Å². The van der Waals surface area contributed by atoms with Crippen molar-refractivity contribution in [1.29, 1.82) is 0 Å². The Morgan fingerprint density at radius 3 is 2.56 bits per heavy atom. The molecule has 0 radical (unpaired) electrons. The van der Waals surface area contributed by atoms with Crippen LogP contribution in [0.3, 0.4) is 0 Å². The van der Waals surface area contributed by atoms with Crippen LogP contribution in [0.4, 0.5) is 0 Å². The standard InChI is InChI=1S/C16H21N3O5S/c1-8(20)5-4-6-10-18-9(7-25-10)11-14(23-2)15(24-3)13(21)12(19-11)16(17)22/h7-8,20-21H,4-6H2,1-3H3,(H2,17,22)/t8-/m0/s1. The third-order valence-corrected chi connectivity index (χ3v) is 4.44. The second-order valence-electron chi connectivity index (χ2n) is 5.46. The maximum atomic E-state index is 11.5. The summed E-state index contributed by atoms with van der Waals surface area (Å²) in [6, 6.07) is 0. The lowest BCUT2D eigenvalue weighted by Crippen LogP contribution is -2.15. The lowest BCUT2D eigenvalue weighted by atomic mass is 10.2. The van der Waals surface area contributed by atoms with E-state index < -0.39 is 11.7 Å². The van der Waals surface area contributed by atoms with Gasteiger partial charge < -0.3 is 25.4 Å². The Kier molecular flexibility index (Phi) is 6.16. The predicted octanol–water partition coefficient (Wildman–Crippen LogP) is 1.73. The Morgan fingerprint density at radius 1 is 1.32 bits per heavy atom. The number of ether oxygens (including phenoxy) is 2. The second-order valence-corrected chi connectivity index (χ2v) is 6.40. The van der Waals surface area contributed by atoms with Gasteiger partial charge >= 0.3 is 0 Å². The largest absolute Gasteiger partial charge is 0.503 e. The summed E-state index contributed by atoms with van der Waals surface area (Å²) >= 11 is 1.44. The van der Waals surface area contributed by atoms with Crippen LogP contribution in [0.15, 0.2) is 5.38 Å². The lowest BCUT2D eigenvalue weighted by Gasteiger charge is -2.14. The first-order valence-electron chi connectivity index (χ1n) is 7.66. The molecule has 0 aliphatic carbocycles. The van der Waals surface area contributed by atoms with Crippen molar-refractivity contribution in [2.75, 3.05) is 14.2 Å². The topological polar surface area (TPSA) is 128 Å². The third kappa shape index (κ3) is 4.18. The zero-order chi connectivity index (χ0) is 18.6. The number of pyridine rings is 1. The fraction of sp³-hybridized carbons (Fsp3) is 0.438. The summed E-state index contributed by atoms with van der Waals surface area (Å²) in [5.74, 6) is -1.20. The molecule has 2 rings (SSSR count). The van der Waals surface area contributed by atoms with E-state index in [9.17, 15) is 15.0 Å². The molecule has 9 heteroatoms. The van der Waals surface area contributed by atoms with Crippen LogP contribution < -0.4 is 15.2 Å². The molecule has 0 unspecified atom stereocenters. The molecule has 0 aliphatic heterocycles. The van der Waals surface area contributed by atoms with E-state index in [4.69, 9.17) is 15.2 Å². The third-order valence-electron chi connectivity index (χ3n) is 3.53. The van der Waals surface area contributed by atoms with Crippen LogP contribution in [0.5, 0.6) is 17.2 Å². The summed E-state index contributed by atoms with van der Waals surface area (Å²) in [5, 5.41) is 22.1. The summed E-state index contributed by atoms with van der Waals surface area (Å²) in [5.41, 5.74) is 5.73. The molecule has 2 aromatic heterocycles. The highest BCUT2D eigenvalue weighted by Gasteiger charge is 2.25. The van der Waals surface area contributed by atoms with Crippen molar-refractivity contribution in [1.82, 2.24) is 9.97 Å². The summed E-state index contributed by atoms with van der Waals surface area (Å²) in [6.07, 6.45) is 1.87. The van der Waals surface area contributed by atoms with Crippen LogP contribution in [0, 0.1) is 0 Å². The molecule has 0 bridgehead atoms. The molecule has 2 heterocycles. The van der Waals surface area contributed by atoms with Crippen LogP contribution in [0.25, 0.3) is 11.4 Å². The SMILES string of the molecule is COc1c(-c2csc(CCC[C@H](C)O)n2)nc(C(N)=O)c(O)c1OC. The molecule has 0 aromatic carbocycles. The number of carbonyl (C=O) groups is 1. The molecule has 0 saturated heterocycles. The highest BCUT2D eigenvalue weighted by molar-refractivity contribution is 7.09. The van der Waals surface area contributed by atoms with Crippen LogP contribution in [-0.2, 0) is 6.42 Å². The monoisotopic (exact) mass is 367 g/mol. The van der Waals surface area contributed by atoms with E-state index >= 15 is 0 Å². The van der Waals surface area contributed by atoms with Gasteiger partial charge in [-0.3, -0.25) is 4.79 Å². The van der Waals surface area contributed by atoms with Gasteiger partial charge in [0.2, 0.25) is 5.75 Å². The number of aromatic hydroxyl groups is 1. The Hall–Kier alpha value is -2.39. The molecule has 4 N–H and O–H groups in total. The number of aromatic nitrogens is 2. The molecule has 1 amide bonds. The number of thiazole rings is 1. The first-order chi connectivity index (χ1) is 11.9. The van der Waals surface area contributed by atoms with Crippen LogP contribution >= 0.6 is 11.3 Å². The number of hydrogen-bond donors (Lipinski definition) is 3. The Morgan fingerprint density at radius 2 is 2.00 bits per heavy atom. The fourth-order valence-corrected chi connectivity index (χ4v) is 3.17. The molecule has 0 saturated carbocycles. The van der Waals surface area contributed by atoms with Gasteiger partial charge in [0.25, 0.3) is 5.91 Å². The van der Waals surface area contributed by atoms with Crippen molar-refractivity contribution in [3.63, 3.8) is 0 Å². The number of nitrogens with zero attached hydrogens (tertiary/aromatic N) is 2. The number of aryl methyl sites for hydroxylation is 1. The summed E-state index contributed by atoms with van der Waals surface area (Å²) in [7, 11) is 2.75. The first-order valence-corrected chi connectivity index (χ1v) is 8.54. The van der Waals surface area contributed by atoms with E-state index in [-0.39, 0.29) is 29.0 Å². The number of aliphatic hydroxyl groups excluding tert-OH is 1. The zero-order valence-electron chi connectivity index (χ0n) is 14.3. The average Bonchev–Trinajstić information content (AvgIpc) is 3.02. The van der Waals surface area contributed by atoms with E-state index in [1.54, 1.807) is 12.3 Å². The van der Waals surface area contributed by atoms with Crippen LogP contribution in [0.2, 0.25) is 0 Å². The smallest absolute Gasteiger partial charge is 0.271 e. The van der Waals surface area contributed by atoms with Crippen LogP contribution in [-0.4, -0.2) is 46.4 Å². The van der Waals surface area contributed by atoms with Crippen molar-refractivity contribution in [3.8, 4) is 28.6 Å². The Bertz CT molecular complexity index is 760. The van der Waals surface area contributed by atoms with Crippen molar-refractivity contribution >= 4 is 17.2 Å². The first kappa shape index (κ1) is 18.9. The number of primary amides is 1. The minimum absolute atomic E-state index is 0.0232. The maximum absolute atomic E-state index is 11.5. The highest BCUT2D eigenvalue weighted by Crippen LogP contribution is 2.44. The average molecular weight is 367 g/mol. The molecule has 1 atom stereocenters. The Balaban J connectivity index is 2.43. The number of amides is 1. The van der Waals surface area contributed by atoms with Crippen molar-refractivity contribution < 1.29 is 24.5 Å². The number of hydrogen-bond acceptors (Lipinski definition) is 8. The number of aliphatic hydroxyl groups is 1. The molecule has 8 nitrogen and oxygen atoms in total. The normalized spacial score (nSPS) is 12.0. The van der Waals surface area contributed by atoms with Crippen molar-refractivity contribution in [2.24, 2.45) is 5.73 Å². The Labute approximate surface area is 149 Å². The van der Waals surface area contributed by atoms with Gasteiger partial charge in [-0.1, -0.05) is 0 Å². The van der Waals surface area contributed by atoms with Gasteiger partial charge in [0.1, 0.15) is 11.4 Å². The van der Waals surface area contributed by atoms with Gasteiger partial charge in [0.15, 0.2) is 17.2 Å². The molecule has 0 aliphatic rings. The van der Waals surface area contributed by atoms with Gasteiger partial charge in [-0.05, 0) is 26.2 Å². The number of nitrogens with two attached hydrogens (primary N) is 1. The molecular formula is C16H21N3O5S. The van der Waals surface area contributed by atoms with E-state index in [1.165, 1.54) is 25.6 Å². The molecule has 25 heavy (non-hydrogen) atoms. The summed E-state index contributed by atoms with van der Waals surface area (Å²) < 4.78 is 10.4. The number of methoxy groups -OCH3 is 2. The van der Waals surface area contributed by atoms with Crippen molar-refractivity contribution in [3.05, 3.63) is 16.1 Å².